The van der Waals surface area contributed by atoms with Crippen LogP contribution in [0.2, 0.25) is 0 Å². The fourth-order valence-corrected chi connectivity index (χ4v) is 2.51. The SMILES string of the molecule is CC(=O)Nc1cc(Nc2cc(C)nc(C(C)(F)F)n2)c(OCc2ccncc2)cn1. The van der Waals surface area contributed by atoms with Crippen molar-refractivity contribution in [2.24, 2.45) is 0 Å². The second-order valence-electron chi connectivity index (χ2n) is 6.62. The molecule has 0 saturated heterocycles. The number of hydrogen-bond acceptors (Lipinski definition) is 7. The van der Waals surface area contributed by atoms with Crippen molar-refractivity contribution in [1.29, 1.82) is 0 Å². The van der Waals surface area contributed by atoms with E-state index in [9.17, 15) is 13.6 Å². The molecular weight excluding hydrogens is 394 g/mol. The summed E-state index contributed by atoms with van der Waals surface area (Å²) in [6.45, 7) is 3.92. The van der Waals surface area contributed by atoms with E-state index in [0.717, 1.165) is 12.5 Å². The number of aryl methyl sites for hydroxylation is 1. The first-order valence-electron chi connectivity index (χ1n) is 9.01. The number of anilines is 3. The zero-order chi connectivity index (χ0) is 21.7. The van der Waals surface area contributed by atoms with Crippen LogP contribution in [0.4, 0.5) is 26.1 Å². The second kappa shape index (κ2) is 8.76. The quantitative estimate of drug-likeness (QED) is 0.603. The molecule has 0 spiro atoms. The number of pyridine rings is 2. The number of nitrogens with one attached hydrogen (secondary N) is 2. The summed E-state index contributed by atoms with van der Waals surface area (Å²) in [7, 11) is 0. The van der Waals surface area contributed by atoms with Gasteiger partial charge in [-0.05, 0) is 24.6 Å². The van der Waals surface area contributed by atoms with E-state index in [2.05, 4.69) is 30.6 Å². The van der Waals surface area contributed by atoms with Gasteiger partial charge in [-0.2, -0.15) is 8.78 Å². The molecule has 3 rings (SSSR count). The third-order valence-electron chi connectivity index (χ3n) is 3.82. The Hall–Kier alpha value is -3.69. The Kier molecular flexibility index (Phi) is 6.14. The van der Waals surface area contributed by atoms with Gasteiger partial charge in [-0.3, -0.25) is 9.78 Å². The number of halogens is 2. The van der Waals surface area contributed by atoms with Gasteiger partial charge in [-0.15, -0.1) is 0 Å². The summed E-state index contributed by atoms with van der Waals surface area (Å²) in [5.41, 5.74) is 1.65. The van der Waals surface area contributed by atoms with Crippen LogP contribution in [0.1, 0.15) is 30.9 Å². The van der Waals surface area contributed by atoms with Crippen molar-refractivity contribution >= 4 is 23.2 Å². The van der Waals surface area contributed by atoms with Crippen LogP contribution in [-0.4, -0.2) is 25.8 Å². The number of hydrogen-bond donors (Lipinski definition) is 2. The highest BCUT2D eigenvalue weighted by Gasteiger charge is 2.29. The first kappa shape index (κ1) is 21.0. The van der Waals surface area contributed by atoms with E-state index >= 15 is 0 Å². The number of nitrogens with zero attached hydrogens (tertiary/aromatic N) is 4. The lowest BCUT2D eigenvalue weighted by molar-refractivity contribution is -0.114. The standard InChI is InChI=1S/C20H20F2N6O2/c1-12-8-18(28-19(25-12)20(3,21)22)27-15-9-17(26-13(2)29)24-10-16(15)30-11-14-4-6-23-7-5-14/h4-10H,11H2,1-3H3,(H2,24,25,26,27,28,29). The van der Waals surface area contributed by atoms with E-state index in [-0.39, 0.29) is 24.1 Å². The van der Waals surface area contributed by atoms with Crippen LogP contribution in [0.25, 0.3) is 0 Å². The van der Waals surface area contributed by atoms with Gasteiger partial charge in [-0.1, -0.05) is 0 Å². The Balaban J connectivity index is 1.92. The Morgan fingerprint density at radius 3 is 2.57 bits per heavy atom. The molecule has 8 nitrogen and oxygen atoms in total. The van der Waals surface area contributed by atoms with Crippen LogP contribution >= 0.6 is 0 Å². The normalized spacial score (nSPS) is 11.1. The lowest BCUT2D eigenvalue weighted by Gasteiger charge is -2.16. The number of carbonyl (C=O) groups is 1. The smallest absolute Gasteiger partial charge is 0.303 e. The van der Waals surface area contributed by atoms with Crippen molar-refractivity contribution in [3.05, 3.63) is 59.9 Å². The van der Waals surface area contributed by atoms with Gasteiger partial charge in [0.2, 0.25) is 11.7 Å². The molecular formula is C20H20F2N6O2. The maximum absolute atomic E-state index is 13.7. The number of rotatable bonds is 7. The van der Waals surface area contributed by atoms with E-state index in [1.807, 2.05) is 0 Å². The molecule has 30 heavy (non-hydrogen) atoms. The molecule has 2 N–H and O–H groups in total. The van der Waals surface area contributed by atoms with E-state index < -0.39 is 11.7 Å². The zero-order valence-corrected chi connectivity index (χ0v) is 16.6. The summed E-state index contributed by atoms with van der Waals surface area (Å²) in [4.78, 5) is 27.2. The van der Waals surface area contributed by atoms with Crippen molar-refractivity contribution in [3.8, 4) is 5.75 Å². The average molecular weight is 414 g/mol. The molecule has 0 unspecified atom stereocenters. The van der Waals surface area contributed by atoms with Crippen LogP contribution in [0, 0.1) is 6.92 Å². The molecule has 3 aromatic rings. The predicted molar refractivity (Wildman–Crippen MR) is 107 cm³/mol. The van der Waals surface area contributed by atoms with E-state index in [1.54, 1.807) is 31.5 Å². The minimum absolute atomic E-state index is 0.160. The fourth-order valence-electron chi connectivity index (χ4n) is 2.51. The van der Waals surface area contributed by atoms with Gasteiger partial charge in [-0.25, -0.2) is 15.0 Å². The number of ether oxygens (including phenoxy) is 1. The molecule has 0 aliphatic heterocycles. The highest BCUT2D eigenvalue weighted by molar-refractivity contribution is 5.88. The van der Waals surface area contributed by atoms with Gasteiger partial charge < -0.3 is 15.4 Å². The van der Waals surface area contributed by atoms with Crippen LogP contribution < -0.4 is 15.4 Å². The zero-order valence-electron chi connectivity index (χ0n) is 16.6. The van der Waals surface area contributed by atoms with Gasteiger partial charge in [0.15, 0.2) is 5.75 Å². The topological polar surface area (TPSA) is 102 Å². The molecule has 3 aromatic heterocycles. The molecule has 156 valence electrons. The second-order valence-corrected chi connectivity index (χ2v) is 6.62. The lowest BCUT2D eigenvalue weighted by atomic mass is 10.3. The predicted octanol–water partition coefficient (Wildman–Crippen LogP) is 3.97. The van der Waals surface area contributed by atoms with Gasteiger partial charge in [0, 0.05) is 44.1 Å². The van der Waals surface area contributed by atoms with Crippen molar-refractivity contribution in [1.82, 2.24) is 19.9 Å². The molecule has 10 heteroatoms. The van der Waals surface area contributed by atoms with E-state index in [4.69, 9.17) is 4.74 Å². The highest BCUT2D eigenvalue weighted by Crippen LogP contribution is 2.31. The van der Waals surface area contributed by atoms with Crippen LogP contribution in [0.15, 0.2) is 42.9 Å². The van der Waals surface area contributed by atoms with Gasteiger partial charge in [0.1, 0.15) is 18.2 Å². The van der Waals surface area contributed by atoms with Crippen molar-refractivity contribution in [2.75, 3.05) is 10.6 Å². The maximum atomic E-state index is 13.7. The highest BCUT2D eigenvalue weighted by atomic mass is 19.3. The molecule has 0 bridgehead atoms. The van der Waals surface area contributed by atoms with Crippen molar-refractivity contribution in [2.45, 2.75) is 33.3 Å². The number of amides is 1. The Morgan fingerprint density at radius 2 is 1.90 bits per heavy atom. The summed E-state index contributed by atoms with van der Waals surface area (Å²) < 4.78 is 33.2. The summed E-state index contributed by atoms with van der Waals surface area (Å²) in [5.74, 6) is -3.31. The molecule has 0 fully saturated rings. The minimum Gasteiger partial charge on any atom is -0.485 e. The maximum Gasteiger partial charge on any atom is 0.303 e. The van der Waals surface area contributed by atoms with Crippen molar-refractivity contribution in [3.63, 3.8) is 0 Å². The molecule has 0 radical (unpaired) electrons. The van der Waals surface area contributed by atoms with Gasteiger partial charge in [0.25, 0.3) is 0 Å². The fraction of sp³-hybridized carbons (Fsp3) is 0.250. The third kappa shape index (κ3) is 5.66. The molecule has 0 aliphatic carbocycles. The largest absolute Gasteiger partial charge is 0.485 e. The molecule has 3 heterocycles. The molecule has 0 atom stereocenters. The Labute approximate surface area is 171 Å². The first-order chi connectivity index (χ1) is 14.2. The number of aromatic nitrogens is 4. The minimum atomic E-state index is -3.19. The van der Waals surface area contributed by atoms with Gasteiger partial charge >= 0.3 is 5.92 Å². The Morgan fingerprint density at radius 1 is 1.17 bits per heavy atom. The Bertz CT molecular complexity index is 1040. The third-order valence-corrected chi connectivity index (χ3v) is 3.82. The molecule has 0 saturated carbocycles. The van der Waals surface area contributed by atoms with Crippen LogP contribution in [0.3, 0.4) is 0 Å². The summed E-state index contributed by atoms with van der Waals surface area (Å²) in [5, 5.41) is 5.54. The monoisotopic (exact) mass is 414 g/mol. The summed E-state index contributed by atoms with van der Waals surface area (Å²) >= 11 is 0. The molecule has 0 aliphatic rings. The lowest BCUT2D eigenvalue weighted by Crippen LogP contribution is -2.14. The van der Waals surface area contributed by atoms with Crippen LogP contribution in [0.5, 0.6) is 5.75 Å². The van der Waals surface area contributed by atoms with Crippen molar-refractivity contribution < 1.29 is 18.3 Å². The van der Waals surface area contributed by atoms with Gasteiger partial charge in [0.05, 0.1) is 11.9 Å². The first-order valence-corrected chi connectivity index (χ1v) is 9.01. The molecule has 1 amide bonds. The van der Waals surface area contributed by atoms with E-state index in [0.29, 0.717) is 17.1 Å². The number of alkyl halides is 2. The molecule has 0 aromatic carbocycles. The average Bonchev–Trinajstić information content (AvgIpc) is 2.66. The summed E-state index contributed by atoms with van der Waals surface area (Å²) in [6, 6.07) is 6.66. The number of carbonyl (C=O) groups excluding carboxylic acids is 1. The van der Waals surface area contributed by atoms with E-state index in [1.165, 1.54) is 25.3 Å². The van der Waals surface area contributed by atoms with Crippen LogP contribution in [-0.2, 0) is 17.3 Å². The summed E-state index contributed by atoms with van der Waals surface area (Å²) in [6.07, 6.45) is 4.72.